The van der Waals surface area contributed by atoms with E-state index >= 15 is 0 Å². The molecule has 8 nitrogen and oxygen atoms in total. The van der Waals surface area contributed by atoms with Crippen LogP contribution in [0.5, 0.6) is 0 Å². The van der Waals surface area contributed by atoms with E-state index in [0.717, 1.165) is 48.6 Å². The number of nitrogens with zero attached hydrogens (tertiary/aromatic N) is 4. The highest BCUT2D eigenvalue weighted by molar-refractivity contribution is 7.89. The lowest BCUT2D eigenvalue weighted by atomic mass is 9.92. The molecule has 1 aromatic heterocycles. The Balaban J connectivity index is 1.22. The second kappa shape index (κ2) is 11.8. The second-order valence-electron chi connectivity index (χ2n) is 8.68. The number of sulfonamides is 1. The number of hydrogen-bond donors (Lipinski definition) is 2. The van der Waals surface area contributed by atoms with Gasteiger partial charge in [-0.2, -0.15) is 9.57 Å². The summed E-state index contributed by atoms with van der Waals surface area (Å²) in [6.07, 6.45) is 9.97. The average molecular weight is 491 g/mol. The molecule has 2 heterocycles. The molecule has 1 aliphatic heterocycles. The fourth-order valence-corrected chi connectivity index (χ4v) is 5.89. The first-order valence-electron chi connectivity index (χ1n) is 11.9. The van der Waals surface area contributed by atoms with Gasteiger partial charge >= 0.3 is 0 Å². The van der Waals surface area contributed by atoms with Gasteiger partial charge in [0.05, 0.1) is 4.90 Å². The maximum absolute atomic E-state index is 13.2. The van der Waals surface area contributed by atoms with Gasteiger partial charge in [-0.25, -0.2) is 8.42 Å². The lowest BCUT2D eigenvalue weighted by Crippen LogP contribution is -2.38. The van der Waals surface area contributed by atoms with E-state index in [9.17, 15) is 8.42 Å². The molecule has 0 amide bonds. The summed E-state index contributed by atoms with van der Waals surface area (Å²) in [6.45, 7) is 1.73. The summed E-state index contributed by atoms with van der Waals surface area (Å²) in [5.41, 5.74) is 0.812. The minimum atomic E-state index is -3.48. The summed E-state index contributed by atoms with van der Waals surface area (Å²) in [5, 5.41) is 16.6. The van der Waals surface area contributed by atoms with Crippen LogP contribution in [-0.4, -0.2) is 43.3 Å². The number of rotatable bonds is 8. The minimum Gasteiger partial charge on any atom is -0.325 e. The molecule has 1 saturated heterocycles. The van der Waals surface area contributed by atoms with Gasteiger partial charge in [0, 0.05) is 37.7 Å². The minimum absolute atomic E-state index is 0.370. The standard InChI is InChI=1S/C26H30N6O2S/c27-20-30-26(31-24-10-15-28-16-11-24)29-14-4-3-5-21-12-17-32(18-13-21)35(33,34)25-9-8-22-6-1-2-7-23(22)19-25/h1-2,6-11,15-16,19,21H,3-5,12-14,17-18H2,(H2,28,29,30,31). The number of aromatic nitrogens is 1. The van der Waals surface area contributed by atoms with Crippen LogP contribution in [0.1, 0.15) is 32.1 Å². The number of benzene rings is 2. The van der Waals surface area contributed by atoms with Crippen LogP contribution >= 0.6 is 0 Å². The van der Waals surface area contributed by atoms with E-state index < -0.39 is 10.0 Å². The molecule has 0 atom stereocenters. The summed E-state index contributed by atoms with van der Waals surface area (Å²) < 4.78 is 27.9. The number of nitrogens with one attached hydrogen (secondary N) is 2. The Morgan fingerprint density at radius 3 is 2.54 bits per heavy atom. The van der Waals surface area contributed by atoms with E-state index in [1.54, 1.807) is 41.0 Å². The number of unbranched alkanes of at least 4 members (excludes halogenated alkanes) is 1. The molecule has 0 unspecified atom stereocenters. The zero-order chi connectivity index (χ0) is 24.5. The van der Waals surface area contributed by atoms with Crippen LogP contribution in [0.15, 0.2) is 76.9 Å². The Labute approximate surface area is 206 Å². The molecule has 1 fully saturated rings. The van der Waals surface area contributed by atoms with Crippen LogP contribution in [0.4, 0.5) is 5.69 Å². The third kappa shape index (κ3) is 6.56. The maximum atomic E-state index is 13.2. The second-order valence-corrected chi connectivity index (χ2v) is 10.6. The van der Waals surface area contributed by atoms with Gasteiger partial charge in [-0.05, 0) is 60.2 Å². The van der Waals surface area contributed by atoms with Crippen molar-refractivity contribution in [3.63, 3.8) is 0 Å². The van der Waals surface area contributed by atoms with Gasteiger partial charge in [-0.15, -0.1) is 0 Å². The Bertz CT molecular complexity index is 1300. The number of nitriles is 1. The zero-order valence-electron chi connectivity index (χ0n) is 19.6. The SMILES string of the molecule is N#CNC(=NCCCCC1CCN(S(=O)(=O)c2ccc3ccccc3c2)CC1)Nc1ccncc1. The van der Waals surface area contributed by atoms with Crippen molar-refractivity contribution < 1.29 is 8.42 Å². The molecule has 0 saturated carbocycles. The highest BCUT2D eigenvalue weighted by Gasteiger charge is 2.29. The molecule has 0 spiro atoms. The number of piperidine rings is 1. The van der Waals surface area contributed by atoms with E-state index in [1.165, 1.54) is 0 Å². The number of pyridine rings is 1. The predicted molar refractivity (Wildman–Crippen MR) is 138 cm³/mol. The first kappa shape index (κ1) is 24.6. The van der Waals surface area contributed by atoms with Crippen LogP contribution in [-0.2, 0) is 10.0 Å². The quantitative estimate of drug-likeness (QED) is 0.160. The Kier molecular flexibility index (Phi) is 8.29. The van der Waals surface area contributed by atoms with Crippen molar-refractivity contribution in [1.82, 2.24) is 14.6 Å². The summed E-state index contributed by atoms with van der Waals surface area (Å²) in [5.74, 6) is 0.944. The molecule has 2 aromatic carbocycles. The van der Waals surface area contributed by atoms with Gasteiger partial charge in [0.2, 0.25) is 16.0 Å². The maximum Gasteiger partial charge on any atom is 0.243 e. The molecular weight excluding hydrogens is 460 g/mol. The number of guanidine groups is 1. The fourth-order valence-electron chi connectivity index (χ4n) is 4.39. The third-order valence-electron chi connectivity index (χ3n) is 6.34. The van der Waals surface area contributed by atoms with Crippen LogP contribution in [0.2, 0.25) is 0 Å². The van der Waals surface area contributed by atoms with Crippen molar-refractivity contribution in [2.24, 2.45) is 10.9 Å². The molecule has 4 rings (SSSR count). The molecule has 1 aliphatic rings. The van der Waals surface area contributed by atoms with Gasteiger partial charge in [0.1, 0.15) is 0 Å². The van der Waals surface area contributed by atoms with Crippen molar-refractivity contribution in [3.8, 4) is 6.19 Å². The van der Waals surface area contributed by atoms with Crippen LogP contribution in [0.3, 0.4) is 0 Å². The van der Waals surface area contributed by atoms with Gasteiger partial charge in [0.25, 0.3) is 0 Å². The predicted octanol–water partition coefficient (Wildman–Crippen LogP) is 4.34. The summed E-state index contributed by atoms with van der Waals surface area (Å²) >= 11 is 0. The number of anilines is 1. The van der Waals surface area contributed by atoms with E-state index in [-0.39, 0.29) is 0 Å². The van der Waals surface area contributed by atoms with Crippen molar-refractivity contribution >= 4 is 32.4 Å². The third-order valence-corrected chi connectivity index (χ3v) is 8.23. The van der Waals surface area contributed by atoms with Gasteiger partial charge in [-0.3, -0.25) is 15.3 Å². The Morgan fingerprint density at radius 2 is 1.80 bits per heavy atom. The van der Waals surface area contributed by atoms with Crippen molar-refractivity contribution in [2.45, 2.75) is 37.0 Å². The topological polar surface area (TPSA) is 110 Å². The molecule has 9 heteroatoms. The van der Waals surface area contributed by atoms with Crippen molar-refractivity contribution in [2.75, 3.05) is 25.0 Å². The lowest BCUT2D eigenvalue weighted by molar-refractivity contribution is 0.259. The van der Waals surface area contributed by atoms with E-state index in [2.05, 4.69) is 20.6 Å². The van der Waals surface area contributed by atoms with Crippen LogP contribution in [0.25, 0.3) is 10.8 Å². The van der Waals surface area contributed by atoms with E-state index in [0.29, 0.717) is 36.4 Å². The number of hydrogen-bond acceptors (Lipinski definition) is 5. The molecule has 0 aliphatic carbocycles. The van der Waals surface area contributed by atoms with Crippen molar-refractivity contribution in [1.29, 1.82) is 5.26 Å². The summed E-state index contributed by atoms with van der Waals surface area (Å²) in [4.78, 5) is 8.80. The van der Waals surface area contributed by atoms with Crippen molar-refractivity contribution in [3.05, 3.63) is 67.0 Å². The molecule has 3 aromatic rings. The summed E-state index contributed by atoms with van der Waals surface area (Å²) in [7, 11) is -3.48. The van der Waals surface area contributed by atoms with E-state index in [4.69, 9.17) is 5.26 Å². The van der Waals surface area contributed by atoms with Gasteiger partial charge < -0.3 is 5.32 Å². The van der Waals surface area contributed by atoms with E-state index in [1.807, 2.05) is 36.5 Å². The van der Waals surface area contributed by atoms with Gasteiger partial charge in [0.15, 0.2) is 6.19 Å². The Hall–Kier alpha value is -3.48. The highest BCUT2D eigenvalue weighted by atomic mass is 32.2. The average Bonchev–Trinajstić information content (AvgIpc) is 2.89. The monoisotopic (exact) mass is 490 g/mol. The molecule has 35 heavy (non-hydrogen) atoms. The van der Waals surface area contributed by atoms with Crippen LogP contribution in [0, 0.1) is 17.4 Å². The molecule has 0 bridgehead atoms. The summed E-state index contributed by atoms with van der Waals surface area (Å²) in [6, 6.07) is 16.8. The normalized spacial score (nSPS) is 15.6. The lowest BCUT2D eigenvalue weighted by Gasteiger charge is -2.31. The number of fused-ring (bicyclic) bond motifs is 1. The fraction of sp³-hybridized carbons (Fsp3) is 0.346. The first-order chi connectivity index (χ1) is 17.1. The van der Waals surface area contributed by atoms with Gasteiger partial charge in [-0.1, -0.05) is 43.2 Å². The molecule has 2 N–H and O–H groups in total. The first-order valence-corrected chi connectivity index (χ1v) is 13.4. The number of aliphatic imine (C=N–C) groups is 1. The molecular formula is C26H30N6O2S. The molecule has 182 valence electrons. The largest absolute Gasteiger partial charge is 0.325 e. The Morgan fingerprint density at radius 1 is 1.06 bits per heavy atom. The highest BCUT2D eigenvalue weighted by Crippen LogP contribution is 2.28. The molecule has 0 radical (unpaired) electrons. The smallest absolute Gasteiger partial charge is 0.243 e. The zero-order valence-corrected chi connectivity index (χ0v) is 20.4. The van der Waals surface area contributed by atoms with Crippen LogP contribution < -0.4 is 10.6 Å².